The smallest absolute Gasteiger partial charge is 0.253 e. The van der Waals surface area contributed by atoms with Gasteiger partial charge < -0.3 is 14.8 Å². The van der Waals surface area contributed by atoms with Gasteiger partial charge in [-0.2, -0.15) is 4.98 Å². The van der Waals surface area contributed by atoms with E-state index in [0.717, 1.165) is 17.0 Å². The van der Waals surface area contributed by atoms with Crippen LogP contribution in [0, 0.1) is 13.8 Å². The van der Waals surface area contributed by atoms with Crippen LogP contribution in [0.2, 0.25) is 10.0 Å². The van der Waals surface area contributed by atoms with Gasteiger partial charge in [-0.05, 0) is 56.2 Å². The summed E-state index contributed by atoms with van der Waals surface area (Å²) in [5, 5.41) is 8.49. The second-order valence-corrected chi connectivity index (χ2v) is 8.49. The van der Waals surface area contributed by atoms with Crippen LogP contribution in [0.4, 0.5) is 5.69 Å². The molecule has 2 aromatic carbocycles. The number of rotatable bonds is 7. The molecule has 0 aliphatic heterocycles. The van der Waals surface area contributed by atoms with E-state index in [2.05, 4.69) is 20.4 Å². The molecule has 2 heterocycles. The first kappa shape index (κ1) is 23.8. The molecule has 0 saturated heterocycles. The third-order valence-electron chi connectivity index (χ3n) is 5.50. The standard InChI is InChI=1S/C24H23Cl2N5O3/c1-13-17(8-10-22(32)28-20-12-16(33-3)6-9-21(20)34-4)14(2)31-24(27-13)29-23(30-31)18-7-5-15(25)11-19(18)26/h5-7,9,11-12H,8,10H2,1-4H3,(H,28,32). The van der Waals surface area contributed by atoms with Gasteiger partial charge in [-0.25, -0.2) is 9.50 Å². The monoisotopic (exact) mass is 499 g/mol. The third-order valence-corrected chi connectivity index (χ3v) is 6.05. The quantitative estimate of drug-likeness (QED) is 0.370. The van der Waals surface area contributed by atoms with Crippen LogP contribution >= 0.6 is 23.2 Å². The molecule has 0 spiro atoms. The average Bonchev–Trinajstić information content (AvgIpc) is 3.22. The van der Waals surface area contributed by atoms with Crippen molar-refractivity contribution in [3.8, 4) is 22.9 Å². The Labute approximate surface area is 206 Å². The number of methoxy groups -OCH3 is 2. The zero-order valence-corrected chi connectivity index (χ0v) is 20.7. The van der Waals surface area contributed by atoms with Crippen LogP contribution in [0.15, 0.2) is 36.4 Å². The van der Waals surface area contributed by atoms with Crippen molar-refractivity contribution in [2.75, 3.05) is 19.5 Å². The summed E-state index contributed by atoms with van der Waals surface area (Å²) < 4.78 is 12.2. The zero-order chi connectivity index (χ0) is 24.4. The van der Waals surface area contributed by atoms with Crippen molar-refractivity contribution in [3.63, 3.8) is 0 Å². The van der Waals surface area contributed by atoms with Crippen molar-refractivity contribution in [1.29, 1.82) is 0 Å². The molecule has 8 nitrogen and oxygen atoms in total. The van der Waals surface area contributed by atoms with Crippen LogP contribution in [0.25, 0.3) is 17.2 Å². The second kappa shape index (κ2) is 9.87. The minimum Gasteiger partial charge on any atom is -0.497 e. The average molecular weight is 500 g/mol. The Kier molecular flexibility index (Phi) is 6.90. The van der Waals surface area contributed by atoms with Crippen LogP contribution in [0.5, 0.6) is 11.5 Å². The van der Waals surface area contributed by atoms with Crippen LogP contribution < -0.4 is 14.8 Å². The summed E-state index contributed by atoms with van der Waals surface area (Å²) >= 11 is 12.3. The molecule has 0 unspecified atom stereocenters. The SMILES string of the molecule is COc1ccc(OC)c(NC(=O)CCc2c(C)nc3nc(-c4ccc(Cl)cc4Cl)nn3c2C)c1. The highest BCUT2D eigenvalue weighted by molar-refractivity contribution is 6.36. The maximum absolute atomic E-state index is 12.7. The number of fused-ring (bicyclic) bond motifs is 1. The minimum absolute atomic E-state index is 0.155. The van der Waals surface area contributed by atoms with Gasteiger partial charge >= 0.3 is 0 Å². The second-order valence-electron chi connectivity index (χ2n) is 7.65. The number of nitrogens with zero attached hydrogens (tertiary/aromatic N) is 4. The summed E-state index contributed by atoms with van der Waals surface area (Å²) in [7, 11) is 3.12. The van der Waals surface area contributed by atoms with E-state index in [1.165, 1.54) is 0 Å². The molecule has 10 heteroatoms. The van der Waals surface area contributed by atoms with Gasteiger partial charge in [0.1, 0.15) is 11.5 Å². The molecule has 0 bridgehead atoms. The summed E-state index contributed by atoms with van der Waals surface area (Å²) in [6.45, 7) is 3.83. The number of aromatic nitrogens is 4. The van der Waals surface area contributed by atoms with Crippen LogP contribution in [-0.2, 0) is 11.2 Å². The summed E-state index contributed by atoms with van der Waals surface area (Å²) in [4.78, 5) is 21.8. The lowest BCUT2D eigenvalue weighted by molar-refractivity contribution is -0.116. The molecule has 1 N–H and O–H groups in total. The lowest BCUT2D eigenvalue weighted by atomic mass is 10.1. The lowest BCUT2D eigenvalue weighted by Crippen LogP contribution is -2.15. The Bertz CT molecular complexity index is 1390. The predicted molar refractivity (Wildman–Crippen MR) is 132 cm³/mol. The van der Waals surface area contributed by atoms with Gasteiger partial charge in [-0.1, -0.05) is 23.2 Å². The highest BCUT2D eigenvalue weighted by Gasteiger charge is 2.17. The number of ether oxygens (including phenoxy) is 2. The number of amides is 1. The van der Waals surface area contributed by atoms with E-state index in [9.17, 15) is 4.79 Å². The number of hydrogen-bond donors (Lipinski definition) is 1. The van der Waals surface area contributed by atoms with E-state index in [4.69, 9.17) is 32.7 Å². The topological polar surface area (TPSA) is 90.6 Å². The number of nitrogens with one attached hydrogen (secondary N) is 1. The van der Waals surface area contributed by atoms with Crippen molar-refractivity contribution in [1.82, 2.24) is 19.6 Å². The van der Waals surface area contributed by atoms with Gasteiger partial charge in [0.05, 0.1) is 24.9 Å². The fraction of sp³-hybridized carbons (Fsp3) is 0.250. The number of aryl methyl sites for hydroxylation is 2. The molecular weight excluding hydrogens is 477 g/mol. The van der Waals surface area contributed by atoms with Crippen molar-refractivity contribution >= 4 is 40.6 Å². The first-order chi connectivity index (χ1) is 16.3. The number of anilines is 1. The summed E-state index contributed by atoms with van der Waals surface area (Å²) in [6.07, 6.45) is 0.732. The highest BCUT2D eigenvalue weighted by atomic mass is 35.5. The van der Waals surface area contributed by atoms with Crippen molar-refractivity contribution < 1.29 is 14.3 Å². The Morgan fingerprint density at radius 1 is 1.06 bits per heavy atom. The van der Waals surface area contributed by atoms with E-state index >= 15 is 0 Å². The van der Waals surface area contributed by atoms with Gasteiger partial charge in [0.15, 0.2) is 5.82 Å². The van der Waals surface area contributed by atoms with E-state index in [-0.39, 0.29) is 12.3 Å². The van der Waals surface area contributed by atoms with Crippen LogP contribution in [0.3, 0.4) is 0 Å². The molecule has 0 aliphatic carbocycles. The normalized spacial score (nSPS) is 11.0. The summed E-state index contributed by atoms with van der Waals surface area (Å²) in [6, 6.07) is 10.4. The maximum Gasteiger partial charge on any atom is 0.253 e. The predicted octanol–water partition coefficient (Wildman–Crippen LogP) is 5.30. The fourth-order valence-corrected chi connectivity index (χ4v) is 4.21. The molecule has 1 amide bonds. The van der Waals surface area contributed by atoms with Crippen LogP contribution in [-0.4, -0.2) is 39.7 Å². The number of carbonyl (C=O) groups excluding carboxylic acids is 1. The Hall–Kier alpha value is -3.36. The molecule has 0 atom stereocenters. The molecule has 0 fully saturated rings. The highest BCUT2D eigenvalue weighted by Crippen LogP contribution is 2.30. The third kappa shape index (κ3) is 4.78. The number of hydrogen-bond acceptors (Lipinski definition) is 6. The van der Waals surface area contributed by atoms with Gasteiger partial charge in [0.25, 0.3) is 5.78 Å². The molecule has 34 heavy (non-hydrogen) atoms. The molecule has 4 rings (SSSR count). The molecular formula is C24H23Cl2N5O3. The minimum atomic E-state index is -0.155. The lowest BCUT2D eigenvalue weighted by Gasteiger charge is -2.13. The fourth-order valence-electron chi connectivity index (χ4n) is 3.72. The Morgan fingerprint density at radius 3 is 2.56 bits per heavy atom. The van der Waals surface area contributed by atoms with E-state index in [1.54, 1.807) is 55.1 Å². The maximum atomic E-state index is 12.7. The van der Waals surface area contributed by atoms with Crippen LogP contribution in [0.1, 0.15) is 23.4 Å². The summed E-state index contributed by atoms with van der Waals surface area (Å²) in [5.74, 6) is 1.94. The van der Waals surface area contributed by atoms with Gasteiger partial charge in [0.2, 0.25) is 5.91 Å². The van der Waals surface area contributed by atoms with E-state index in [1.807, 2.05) is 13.8 Å². The van der Waals surface area contributed by atoms with Gasteiger partial charge in [-0.15, -0.1) is 5.10 Å². The molecule has 2 aromatic heterocycles. The molecule has 176 valence electrons. The first-order valence-electron chi connectivity index (χ1n) is 10.5. The molecule has 0 aliphatic rings. The Balaban J connectivity index is 1.56. The van der Waals surface area contributed by atoms with Crippen molar-refractivity contribution in [2.24, 2.45) is 0 Å². The molecule has 4 aromatic rings. The number of benzene rings is 2. The first-order valence-corrected chi connectivity index (χ1v) is 11.3. The van der Waals surface area contributed by atoms with Gasteiger partial charge in [0, 0.05) is 34.5 Å². The van der Waals surface area contributed by atoms with Crippen molar-refractivity contribution in [2.45, 2.75) is 26.7 Å². The molecule has 0 radical (unpaired) electrons. The molecule has 0 saturated carbocycles. The van der Waals surface area contributed by atoms with Gasteiger partial charge in [-0.3, -0.25) is 4.79 Å². The number of carbonyl (C=O) groups is 1. The largest absolute Gasteiger partial charge is 0.497 e. The Morgan fingerprint density at radius 2 is 1.85 bits per heavy atom. The summed E-state index contributed by atoms with van der Waals surface area (Å²) in [5.41, 5.74) is 3.80. The van der Waals surface area contributed by atoms with E-state index < -0.39 is 0 Å². The zero-order valence-electron chi connectivity index (χ0n) is 19.1. The van der Waals surface area contributed by atoms with E-state index in [0.29, 0.717) is 50.8 Å². The van der Waals surface area contributed by atoms with Crippen molar-refractivity contribution in [3.05, 3.63) is 63.4 Å². The number of halogens is 2.